The van der Waals surface area contributed by atoms with Crippen LogP contribution in [0.25, 0.3) is 11.1 Å². The van der Waals surface area contributed by atoms with Gasteiger partial charge in [-0.3, -0.25) is 0 Å². The molecule has 1 N–H and O–H groups in total. The van der Waals surface area contributed by atoms with Crippen LogP contribution in [0.4, 0.5) is 13.6 Å². The topological polar surface area (TPSA) is 73.6 Å². The molecular formula is C22H30F2N2O4. The number of rotatable bonds is 10. The molecule has 2 aromatic rings. The van der Waals surface area contributed by atoms with E-state index in [1.54, 1.807) is 26.8 Å². The zero-order valence-corrected chi connectivity index (χ0v) is 18.0. The number of aryl methyl sites for hydroxylation is 1. The number of carbonyl (C=O) groups excluding carboxylic acids is 1. The van der Waals surface area contributed by atoms with Crippen molar-refractivity contribution in [1.29, 1.82) is 0 Å². The molecule has 1 amide bonds. The molecule has 0 fully saturated rings. The van der Waals surface area contributed by atoms with Gasteiger partial charge < -0.3 is 19.2 Å². The molecule has 0 bridgehead atoms. The van der Waals surface area contributed by atoms with E-state index in [-0.39, 0.29) is 18.7 Å². The van der Waals surface area contributed by atoms with Gasteiger partial charge in [0.05, 0.1) is 12.9 Å². The Hall–Kier alpha value is -2.64. The maximum absolute atomic E-state index is 14.3. The van der Waals surface area contributed by atoms with Crippen molar-refractivity contribution < 1.29 is 27.5 Å². The third-order valence-electron chi connectivity index (χ3n) is 4.13. The van der Waals surface area contributed by atoms with E-state index in [1.165, 1.54) is 6.07 Å². The third-order valence-corrected chi connectivity index (χ3v) is 4.13. The van der Waals surface area contributed by atoms with Crippen molar-refractivity contribution in [3.63, 3.8) is 0 Å². The maximum atomic E-state index is 14.3. The number of carbonyl (C=O) groups is 1. The second kappa shape index (κ2) is 10.9. The SMILES string of the molecule is CCCCc1nc2c(F)cc(OCCC/C(=C/F)CNC(=O)OC(C)(C)C)cc2o1. The molecule has 1 aromatic heterocycles. The van der Waals surface area contributed by atoms with Gasteiger partial charge in [0.1, 0.15) is 16.9 Å². The molecular weight excluding hydrogens is 394 g/mol. The van der Waals surface area contributed by atoms with Gasteiger partial charge in [0.25, 0.3) is 0 Å². The van der Waals surface area contributed by atoms with Gasteiger partial charge >= 0.3 is 6.09 Å². The fraction of sp³-hybridized carbons (Fsp3) is 0.545. The molecule has 166 valence electrons. The van der Waals surface area contributed by atoms with E-state index in [2.05, 4.69) is 17.2 Å². The zero-order valence-electron chi connectivity index (χ0n) is 18.0. The van der Waals surface area contributed by atoms with Gasteiger partial charge in [0.15, 0.2) is 17.3 Å². The number of amides is 1. The van der Waals surface area contributed by atoms with E-state index >= 15 is 0 Å². The summed E-state index contributed by atoms with van der Waals surface area (Å²) < 4.78 is 43.6. The molecule has 6 nitrogen and oxygen atoms in total. The number of fused-ring (bicyclic) bond motifs is 1. The Bertz CT molecular complexity index is 872. The first kappa shape index (κ1) is 23.6. The van der Waals surface area contributed by atoms with Crippen molar-refractivity contribution in [2.24, 2.45) is 0 Å². The predicted octanol–water partition coefficient (Wildman–Crippen LogP) is 5.85. The Morgan fingerprint density at radius 1 is 1.30 bits per heavy atom. The van der Waals surface area contributed by atoms with Gasteiger partial charge in [-0.05, 0) is 45.6 Å². The molecule has 0 aliphatic heterocycles. The minimum atomic E-state index is -0.617. The molecule has 0 unspecified atom stereocenters. The Balaban J connectivity index is 1.81. The number of oxazole rings is 1. The summed E-state index contributed by atoms with van der Waals surface area (Å²) in [6.45, 7) is 7.62. The van der Waals surface area contributed by atoms with Crippen LogP contribution in [0, 0.1) is 5.82 Å². The highest BCUT2D eigenvalue weighted by atomic mass is 19.1. The maximum Gasteiger partial charge on any atom is 0.407 e. The van der Waals surface area contributed by atoms with Crippen LogP contribution in [0.1, 0.15) is 59.3 Å². The van der Waals surface area contributed by atoms with Crippen molar-refractivity contribution in [2.75, 3.05) is 13.2 Å². The first-order valence-electron chi connectivity index (χ1n) is 10.2. The number of alkyl carbamates (subject to hydrolysis) is 1. The van der Waals surface area contributed by atoms with Gasteiger partial charge in [-0.1, -0.05) is 13.3 Å². The standard InChI is InChI=1S/C22H30F2N2O4/c1-5-6-9-19-26-20-17(24)11-16(12-18(20)29-19)28-10-7-8-15(13-23)14-25-21(27)30-22(2,3)4/h11-13H,5-10,14H2,1-4H3,(H,25,27)/b15-13-. The van der Waals surface area contributed by atoms with Gasteiger partial charge in [-0.25, -0.2) is 18.6 Å². The van der Waals surface area contributed by atoms with E-state index in [0.29, 0.717) is 48.4 Å². The lowest BCUT2D eigenvalue weighted by atomic mass is 10.1. The van der Waals surface area contributed by atoms with Gasteiger partial charge in [-0.15, -0.1) is 0 Å². The summed E-state index contributed by atoms with van der Waals surface area (Å²) in [6.07, 6.45) is 3.31. The smallest absolute Gasteiger partial charge is 0.407 e. The molecule has 0 radical (unpaired) electrons. The lowest BCUT2D eigenvalue weighted by molar-refractivity contribution is 0.0532. The summed E-state index contributed by atoms with van der Waals surface area (Å²) in [5, 5.41) is 2.51. The third kappa shape index (κ3) is 7.65. The summed E-state index contributed by atoms with van der Waals surface area (Å²) in [5.41, 5.74) is 0.335. The van der Waals surface area contributed by atoms with Crippen molar-refractivity contribution in [3.8, 4) is 5.75 Å². The van der Waals surface area contributed by atoms with Crippen molar-refractivity contribution in [1.82, 2.24) is 10.3 Å². The Morgan fingerprint density at radius 3 is 2.73 bits per heavy atom. The molecule has 0 saturated carbocycles. The quantitative estimate of drug-likeness (QED) is 0.485. The Morgan fingerprint density at radius 2 is 2.07 bits per heavy atom. The minimum absolute atomic E-state index is 0.0462. The molecule has 0 aliphatic rings. The molecule has 0 aliphatic carbocycles. The number of ether oxygens (including phenoxy) is 2. The highest BCUT2D eigenvalue weighted by molar-refractivity contribution is 5.75. The number of hydrogen-bond acceptors (Lipinski definition) is 5. The number of unbranched alkanes of at least 4 members (excludes halogenated alkanes) is 1. The average molecular weight is 424 g/mol. The van der Waals surface area contributed by atoms with E-state index in [9.17, 15) is 13.6 Å². The summed E-state index contributed by atoms with van der Waals surface area (Å²) in [5.74, 6) is 0.342. The molecule has 0 spiro atoms. The minimum Gasteiger partial charge on any atom is -0.493 e. The van der Waals surface area contributed by atoms with Crippen molar-refractivity contribution >= 4 is 17.2 Å². The first-order valence-corrected chi connectivity index (χ1v) is 10.2. The summed E-state index contributed by atoms with van der Waals surface area (Å²) >= 11 is 0. The van der Waals surface area contributed by atoms with E-state index < -0.39 is 17.5 Å². The molecule has 1 heterocycles. The van der Waals surface area contributed by atoms with Gasteiger partial charge in [0, 0.05) is 25.1 Å². The molecule has 2 rings (SSSR count). The van der Waals surface area contributed by atoms with E-state index in [1.807, 2.05) is 0 Å². The number of nitrogens with zero attached hydrogens (tertiary/aromatic N) is 1. The fourth-order valence-corrected chi connectivity index (χ4v) is 2.70. The van der Waals surface area contributed by atoms with Crippen LogP contribution in [-0.2, 0) is 11.2 Å². The monoisotopic (exact) mass is 424 g/mol. The Labute approximate surface area is 175 Å². The van der Waals surface area contributed by atoms with Crippen molar-refractivity contribution in [3.05, 3.63) is 35.7 Å². The molecule has 30 heavy (non-hydrogen) atoms. The van der Waals surface area contributed by atoms with Crippen LogP contribution >= 0.6 is 0 Å². The largest absolute Gasteiger partial charge is 0.493 e. The van der Waals surface area contributed by atoms with Gasteiger partial charge in [-0.2, -0.15) is 0 Å². The molecule has 8 heteroatoms. The predicted molar refractivity (Wildman–Crippen MR) is 111 cm³/mol. The molecule has 1 aromatic carbocycles. The summed E-state index contributed by atoms with van der Waals surface area (Å²) in [4.78, 5) is 15.8. The summed E-state index contributed by atoms with van der Waals surface area (Å²) in [7, 11) is 0. The highest BCUT2D eigenvalue weighted by Gasteiger charge is 2.16. The number of halogens is 2. The molecule has 0 saturated heterocycles. The van der Waals surface area contributed by atoms with Crippen LogP contribution < -0.4 is 10.1 Å². The zero-order chi connectivity index (χ0) is 22.1. The fourth-order valence-electron chi connectivity index (χ4n) is 2.70. The second-order valence-electron chi connectivity index (χ2n) is 8.04. The van der Waals surface area contributed by atoms with Crippen LogP contribution in [0.15, 0.2) is 28.5 Å². The second-order valence-corrected chi connectivity index (χ2v) is 8.04. The van der Waals surface area contributed by atoms with Crippen molar-refractivity contribution in [2.45, 2.75) is 65.4 Å². The van der Waals surface area contributed by atoms with Crippen LogP contribution in [0.3, 0.4) is 0 Å². The number of nitrogens with one attached hydrogen (secondary N) is 1. The number of hydrogen-bond donors (Lipinski definition) is 1. The van der Waals surface area contributed by atoms with E-state index in [4.69, 9.17) is 13.9 Å². The Kier molecular flexibility index (Phi) is 8.62. The molecule has 0 atom stereocenters. The normalized spacial score (nSPS) is 12.3. The van der Waals surface area contributed by atoms with Crippen LogP contribution in [0.5, 0.6) is 5.75 Å². The lowest BCUT2D eigenvalue weighted by Gasteiger charge is -2.20. The summed E-state index contributed by atoms with van der Waals surface area (Å²) in [6, 6.07) is 2.88. The van der Waals surface area contributed by atoms with E-state index in [0.717, 1.165) is 12.8 Å². The average Bonchev–Trinajstić information content (AvgIpc) is 3.08. The number of benzene rings is 1. The van der Waals surface area contributed by atoms with Crippen LogP contribution in [-0.4, -0.2) is 29.8 Å². The van der Waals surface area contributed by atoms with Crippen LogP contribution in [0.2, 0.25) is 0 Å². The first-order chi connectivity index (χ1) is 14.2. The number of aromatic nitrogens is 1. The lowest BCUT2D eigenvalue weighted by Crippen LogP contribution is -2.33. The highest BCUT2D eigenvalue weighted by Crippen LogP contribution is 2.26. The van der Waals surface area contributed by atoms with Gasteiger partial charge in [0.2, 0.25) is 0 Å².